The molecule has 1 aromatic heterocycles. The van der Waals surface area contributed by atoms with E-state index in [-0.39, 0.29) is 5.92 Å². The quantitative estimate of drug-likeness (QED) is 0.599. The van der Waals surface area contributed by atoms with Gasteiger partial charge in [-0.25, -0.2) is 4.98 Å². The average Bonchev–Trinajstić information content (AvgIpc) is 2.17. The van der Waals surface area contributed by atoms with Crippen LogP contribution in [0.5, 0.6) is 5.88 Å². The Labute approximate surface area is 89.9 Å². The molecule has 0 aliphatic carbocycles. The molecule has 1 aromatic rings. The van der Waals surface area contributed by atoms with Crippen molar-refractivity contribution in [2.24, 2.45) is 0 Å². The number of hydrogen-bond donors (Lipinski definition) is 1. The van der Waals surface area contributed by atoms with Crippen LogP contribution in [0, 0.1) is 12.3 Å². The van der Waals surface area contributed by atoms with Gasteiger partial charge in [0.2, 0.25) is 5.88 Å². The molecule has 0 unspecified atom stereocenters. The number of rotatable bonds is 4. The van der Waals surface area contributed by atoms with E-state index < -0.39 is 0 Å². The van der Waals surface area contributed by atoms with E-state index in [1.54, 1.807) is 6.07 Å². The zero-order valence-corrected chi connectivity index (χ0v) is 9.03. The Bertz CT molecular complexity index is 369. The second-order valence-corrected chi connectivity index (χ2v) is 3.45. The van der Waals surface area contributed by atoms with Crippen molar-refractivity contribution in [3.05, 3.63) is 11.9 Å². The highest BCUT2D eigenvalue weighted by Gasteiger charge is 2.06. The maximum absolute atomic E-state index is 5.63. The summed E-state index contributed by atoms with van der Waals surface area (Å²) in [6.07, 6.45) is 5.67. The van der Waals surface area contributed by atoms with Gasteiger partial charge in [0.25, 0.3) is 0 Å². The van der Waals surface area contributed by atoms with Gasteiger partial charge in [-0.1, -0.05) is 13.8 Å². The summed E-state index contributed by atoms with van der Waals surface area (Å²) in [5.41, 5.74) is 5.63. The SMILES string of the molecule is C#CCCOc1cc(N)nc(C(C)C)n1. The molecule has 0 atom stereocenters. The van der Waals surface area contributed by atoms with Gasteiger partial charge in [-0.15, -0.1) is 12.3 Å². The van der Waals surface area contributed by atoms with Crippen LogP contribution in [0.25, 0.3) is 0 Å². The van der Waals surface area contributed by atoms with Gasteiger partial charge in [0.15, 0.2) is 0 Å². The summed E-state index contributed by atoms with van der Waals surface area (Å²) in [4.78, 5) is 8.33. The maximum Gasteiger partial charge on any atom is 0.218 e. The smallest absolute Gasteiger partial charge is 0.218 e. The lowest BCUT2D eigenvalue weighted by Crippen LogP contribution is -2.05. The van der Waals surface area contributed by atoms with Crippen molar-refractivity contribution in [1.29, 1.82) is 0 Å². The third-order valence-corrected chi connectivity index (χ3v) is 1.75. The van der Waals surface area contributed by atoms with Crippen LogP contribution in [-0.2, 0) is 0 Å². The summed E-state index contributed by atoms with van der Waals surface area (Å²) < 4.78 is 5.34. The minimum Gasteiger partial charge on any atom is -0.477 e. The molecule has 0 saturated carbocycles. The number of anilines is 1. The van der Waals surface area contributed by atoms with E-state index in [2.05, 4.69) is 15.9 Å². The molecule has 0 fully saturated rings. The molecule has 0 saturated heterocycles. The third-order valence-electron chi connectivity index (χ3n) is 1.75. The van der Waals surface area contributed by atoms with Crippen LogP contribution in [0.1, 0.15) is 32.0 Å². The van der Waals surface area contributed by atoms with E-state index in [9.17, 15) is 0 Å². The molecule has 0 amide bonds. The van der Waals surface area contributed by atoms with Gasteiger partial charge in [-0.3, -0.25) is 0 Å². The molecule has 2 N–H and O–H groups in total. The van der Waals surface area contributed by atoms with Gasteiger partial charge in [0, 0.05) is 18.4 Å². The summed E-state index contributed by atoms with van der Waals surface area (Å²) in [6, 6.07) is 1.60. The third kappa shape index (κ3) is 3.47. The van der Waals surface area contributed by atoms with Crippen LogP contribution in [0.15, 0.2) is 6.07 Å². The number of nitrogens with zero attached hydrogens (tertiary/aromatic N) is 2. The molecule has 1 heterocycles. The Balaban J connectivity index is 2.76. The molecule has 0 bridgehead atoms. The summed E-state index contributed by atoms with van der Waals surface area (Å²) in [5, 5.41) is 0. The first-order chi connectivity index (χ1) is 7.13. The fourth-order valence-corrected chi connectivity index (χ4v) is 1.01. The lowest BCUT2D eigenvalue weighted by atomic mass is 10.2. The molecule has 4 nitrogen and oxygen atoms in total. The van der Waals surface area contributed by atoms with Crippen LogP contribution in [-0.4, -0.2) is 16.6 Å². The zero-order chi connectivity index (χ0) is 11.3. The molecule has 1 rings (SSSR count). The van der Waals surface area contributed by atoms with Gasteiger partial charge in [-0.05, 0) is 0 Å². The van der Waals surface area contributed by atoms with Gasteiger partial charge in [0.1, 0.15) is 18.2 Å². The second-order valence-electron chi connectivity index (χ2n) is 3.45. The Morgan fingerprint density at radius 2 is 2.27 bits per heavy atom. The maximum atomic E-state index is 5.63. The first-order valence-electron chi connectivity index (χ1n) is 4.84. The van der Waals surface area contributed by atoms with Crippen molar-refractivity contribution < 1.29 is 4.74 Å². The normalized spacial score (nSPS) is 10.0. The average molecular weight is 205 g/mol. The van der Waals surface area contributed by atoms with E-state index >= 15 is 0 Å². The van der Waals surface area contributed by atoms with Crippen molar-refractivity contribution in [2.75, 3.05) is 12.3 Å². The molecule has 0 radical (unpaired) electrons. The highest BCUT2D eigenvalue weighted by molar-refractivity contribution is 5.33. The van der Waals surface area contributed by atoms with Crippen LogP contribution in [0.4, 0.5) is 5.82 Å². The summed E-state index contributed by atoms with van der Waals surface area (Å²) in [5.74, 6) is 4.31. The van der Waals surface area contributed by atoms with E-state index in [1.165, 1.54) is 0 Å². The number of nitrogen functional groups attached to an aromatic ring is 1. The Morgan fingerprint density at radius 1 is 1.53 bits per heavy atom. The molecule has 4 heteroatoms. The zero-order valence-electron chi connectivity index (χ0n) is 9.03. The Hall–Kier alpha value is -1.76. The van der Waals surface area contributed by atoms with Crippen molar-refractivity contribution in [2.45, 2.75) is 26.2 Å². The van der Waals surface area contributed by atoms with Crippen molar-refractivity contribution >= 4 is 5.82 Å². The van der Waals surface area contributed by atoms with E-state index in [0.29, 0.717) is 30.5 Å². The van der Waals surface area contributed by atoms with E-state index in [0.717, 1.165) is 0 Å². The molecule has 0 aliphatic heterocycles. The Morgan fingerprint density at radius 3 is 2.87 bits per heavy atom. The second kappa shape index (κ2) is 5.20. The number of ether oxygens (including phenoxy) is 1. The minimum atomic E-state index is 0.225. The fraction of sp³-hybridized carbons (Fsp3) is 0.455. The summed E-state index contributed by atoms with van der Waals surface area (Å²) >= 11 is 0. The number of hydrogen-bond acceptors (Lipinski definition) is 4. The van der Waals surface area contributed by atoms with Crippen molar-refractivity contribution in [1.82, 2.24) is 9.97 Å². The van der Waals surface area contributed by atoms with Gasteiger partial charge >= 0.3 is 0 Å². The van der Waals surface area contributed by atoms with E-state index in [1.807, 2.05) is 13.8 Å². The number of terminal acetylenes is 1. The van der Waals surface area contributed by atoms with Crippen molar-refractivity contribution in [3.8, 4) is 18.2 Å². The fourth-order valence-electron chi connectivity index (χ4n) is 1.01. The Kier molecular flexibility index (Phi) is 3.92. The molecule has 0 spiro atoms. The molecule has 15 heavy (non-hydrogen) atoms. The molecular weight excluding hydrogens is 190 g/mol. The first kappa shape index (κ1) is 11.3. The molecular formula is C11H15N3O. The summed E-state index contributed by atoms with van der Waals surface area (Å²) in [7, 11) is 0. The minimum absolute atomic E-state index is 0.225. The lowest BCUT2D eigenvalue weighted by Gasteiger charge is -2.08. The predicted molar refractivity (Wildman–Crippen MR) is 59.5 cm³/mol. The van der Waals surface area contributed by atoms with Crippen LogP contribution in [0.2, 0.25) is 0 Å². The summed E-state index contributed by atoms with van der Waals surface area (Å²) in [6.45, 7) is 4.45. The topological polar surface area (TPSA) is 61.0 Å². The van der Waals surface area contributed by atoms with Crippen LogP contribution in [0.3, 0.4) is 0 Å². The first-order valence-corrected chi connectivity index (χ1v) is 4.84. The number of aromatic nitrogens is 2. The molecule has 80 valence electrons. The highest BCUT2D eigenvalue weighted by Crippen LogP contribution is 2.16. The van der Waals surface area contributed by atoms with Crippen molar-refractivity contribution in [3.63, 3.8) is 0 Å². The number of nitrogens with two attached hydrogens (primary N) is 1. The lowest BCUT2D eigenvalue weighted by molar-refractivity contribution is 0.312. The standard InChI is InChI=1S/C11H15N3O/c1-4-5-6-15-10-7-9(12)13-11(14-10)8(2)3/h1,7-8H,5-6H2,2-3H3,(H2,12,13,14). The van der Waals surface area contributed by atoms with Gasteiger partial charge in [-0.2, -0.15) is 4.98 Å². The predicted octanol–water partition coefficient (Wildman–Crippen LogP) is 1.58. The van der Waals surface area contributed by atoms with Gasteiger partial charge < -0.3 is 10.5 Å². The monoisotopic (exact) mass is 205 g/mol. The van der Waals surface area contributed by atoms with Crippen LogP contribution >= 0.6 is 0 Å². The van der Waals surface area contributed by atoms with Gasteiger partial charge in [0.05, 0.1) is 0 Å². The molecule has 0 aromatic carbocycles. The molecule has 0 aliphatic rings. The van der Waals surface area contributed by atoms with Crippen LogP contribution < -0.4 is 10.5 Å². The highest BCUT2D eigenvalue weighted by atomic mass is 16.5. The van der Waals surface area contributed by atoms with E-state index in [4.69, 9.17) is 16.9 Å². The largest absolute Gasteiger partial charge is 0.477 e.